The topological polar surface area (TPSA) is 32.3 Å². The molecule has 0 spiro atoms. The van der Waals surface area contributed by atoms with E-state index < -0.39 is 0 Å². The monoisotopic (exact) mass is 302 g/mol. The predicted octanol–water partition coefficient (Wildman–Crippen LogP) is 3.65. The van der Waals surface area contributed by atoms with Gasteiger partial charge in [-0.25, -0.2) is 0 Å². The number of likely N-dealkylation sites (N-methyl/N-ethyl adjacent to an activating group) is 1. The van der Waals surface area contributed by atoms with Crippen LogP contribution in [0.2, 0.25) is 5.02 Å². The first kappa shape index (κ1) is 15.4. The normalized spacial score (nSPS) is 11.8. The highest BCUT2D eigenvalue weighted by atomic mass is 35.5. The van der Waals surface area contributed by atoms with Gasteiger partial charge in [0.05, 0.1) is 12.6 Å². The van der Waals surface area contributed by atoms with Crippen molar-refractivity contribution in [3.8, 4) is 0 Å². The van der Waals surface area contributed by atoms with E-state index >= 15 is 0 Å². The van der Waals surface area contributed by atoms with E-state index in [2.05, 4.69) is 5.32 Å². The van der Waals surface area contributed by atoms with Gasteiger partial charge in [0.15, 0.2) is 0 Å². The molecule has 0 aliphatic rings. The fourth-order valence-electron chi connectivity index (χ4n) is 2.14. The molecular formula is C17H19ClN2O. The zero-order chi connectivity index (χ0) is 15.2. The number of carbonyl (C=O) groups excluding carboxylic acids is 1. The van der Waals surface area contributed by atoms with Crippen molar-refractivity contribution in [1.82, 2.24) is 5.32 Å². The van der Waals surface area contributed by atoms with Gasteiger partial charge in [-0.1, -0.05) is 41.9 Å². The van der Waals surface area contributed by atoms with Gasteiger partial charge >= 0.3 is 0 Å². The number of nitrogens with zero attached hydrogens (tertiary/aromatic N) is 1. The summed E-state index contributed by atoms with van der Waals surface area (Å²) in [4.78, 5) is 14.0. The Morgan fingerprint density at radius 2 is 1.90 bits per heavy atom. The maximum atomic E-state index is 12.1. The lowest BCUT2D eigenvalue weighted by molar-refractivity contribution is -0.120. The van der Waals surface area contributed by atoms with Gasteiger partial charge < -0.3 is 10.2 Å². The summed E-state index contributed by atoms with van der Waals surface area (Å²) in [6.07, 6.45) is 0. The van der Waals surface area contributed by atoms with Crippen LogP contribution in [0.4, 0.5) is 5.69 Å². The molecule has 2 rings (SSSR count). The van der Waals surface area contributed by atoms with Crippen LogP contribution in [-0.2, 0) is 4.79 Å². The molecular weight excluding hydrogens is 284 g/mol. The Balaban J connectivity index is 1.92. The number of nitrogens with one attached hydrogen (secondary N) is 1. The molecule has 0 aliphatic carbocycles. The zero-order valence-electron chi connectivity index (χ0n) is 12.2. The fraction of sp³-hybridized carbons (Fsp3) is 0.235. The Labute approximate surface area is 130 Å². The highest BCUT2D eigenvalue weighted by Gasteiger charge is 2.12. The van der Waals surface area contributed by atoms with Crippen LogP contribution in [0.3, 0.4) is 0 Å². The number of anilines is 1. The molecule has 3 nitrogen and oxygen atoms in total. The molecule has 0 saturated heterocycles. The third-order valence-corrected chi connectivity index (χ3v) is 3.54. The SMILES string of the molecule is C[C@H](NC(=O)CN(C)c1ccccc1)c1cccc(Cl)c1. The first-order valence-corrected chi connectivity index (χ1v) is 7.25. The Morgan fingerprint density at radius 1 is 1.19 bits per heavy atom. The van der Waals surface area contributed by atoms with E-state index in [9.17, 15) is 4.79 Å². The van der Waals surface area contributed by atoms with Crippen LogP contribution in [0.15, 0.2) is 54.6 Å². The molecule has 0 fully saturated rings. The van der Waals surface area contributed by atoms with Gasteiger partial charge in [0.2, 0.25) is 5.91 Å². The first-order valence-electron chi connectivity index (χ1n) is 6.87. The van der Waals surface area contributed by atoms with Crippen LogP contribution >= 0.6 is 11.6 Å². The predicted molar refractivity (Wildman–Crippen MR) is 87.7 cm³/mol. The molecule has 110 valence electrons. The van der Waals surface area contributed by atoms with Crippen LogP contribution < -0.4 is 10.2 Å². The third kappa shape index (κ3) is 4.50. The highest BCUT2D eigenvalue weighted by molar-refractivity contribution is 6.30. The van der Waals surface area contributed by atoms with Crippen molar-refractivity contribution in [3.05, 3.63) is 65.2 Å². The Morgan fingerprint density at radius 3 is 2.57 bits per heavy atom. The van der Waals surface area contributed by atoms with Crippen molar-refractivity contribution in [1.29, 1.82) is 0 Å². The van der Waals surface area contributed by atoms with E-state index in [4.69, 9.17) is 11.6 Å². The van der Waals surface area contributed by atoms with Crippen LogP contribution in [0.25, 0.3) is 0 Å². The Kier molecular flexibility index (Phi) is 5.23. The number of amides is 1. The molecule has 0 saturated carbocycles. The minimum absolute atomic E-state index is 0.0196. The maximum absolute atomic E-state index is 12.1. The minimum atomic E-state index is -0.0691. The number of carbonyl (C=O) groups is 1. The number of benzene rings is 2. The molecule has 0 radical (unpaired) electrons. The van der Waals surface area contributed by atoms with Crippen molar-refractivity contribution in [2.45, 2.75) is 13.0 Å². The van der Waals surface area contributed by atoms with Gasteiger partial charge in [-0.05, 0) is 36.8 Å². The van der Waals surface area contributed by atoms with Gasteiger partial charge in [-0.2, -0.15) is 0 Å². The molecule has 0 aliphatic heterocycles. The lowest BCUT2D eigenvalue weighted by atomic mass is 10.1. The average Bonchev–Trinajstić information content (AvgIpc) is 2.48. The van der Waals surface area contributed by atoms with Gasteiger partial charge in [0.1, 0.15) is 0 Å². The second kappa shape index (κ2) is 7.14. The molecule has 0 unspecified atom stereocenters. The molecule has 0 heterocycles. The number of halogens is 1. The van der Waals surface area contributed by atoms with E-state index in [1.807, 2.05) is 73.5 Å². The standard InChI is InChI=1S/C17H19ClN2O/c1-13(14-7-6-8-15(18)11-14)19-17(21)12-20(2)16-9-4-3-5-10-16/h3-11,13H,12H2,1-2H3,(H,19,21)/t13-/m0/s1. The lowest BCUT2D eigenvalue weighted by Gasteiger charge is -2.21. The summed E-state index contributed by atoms with van der Waals surface area (Å²) in [5, 5.41) is 3.66. The molecule has 2 aromatic rings. The summed E-state index contributed by atoms with van der Waals surface area (Å²) >= 11 is 5.97. The molecule has 2 aromatic carbocycles. The molecule has 0 bridgehead atoms. The molecule has 1 atom stereocenters. The number of para-hydroxylation sites is 1. The molecule has 1 N–H and O–H groups in total. The van der Waals surface area contributed by atoms with E-state index in [0.29, 0.717) is 11.6 Å². The molecule has 1 amide bonds. The zero-order valence-corrected chi connectivity index (χ0v) is 13.0. The van der Waals surface area contributed by atoms with Crippen molar-refractivity contribution >= 4 is 23.2 Å². The highest BCUT2D eigenvalue weighted by Crippen LogP contribution is 2.17. The van der Waals surface area contributed by atoms with Gasteiger partial charge in [-0.15, -0.1) is 0 Å². The second-order valence-corrected chi connectivity index (χ2v) is 5.47. The minimum Gasteiger partial charge on any atom is -0.365 e. The van der Waals surface area contributed by atoms with Crippen LogP contribution in [0.5, 0.6) is 0 Å². The summed E-state index contributed by atoms with van der Waals surface area (Å²) < 4.78 is 0. The summed E-state index contributed by atoms with van der Waals surface area (Å²) in [5.74, 6) is -0.0196. The van der Waals surface area contributed by atoms with Crippen molar-refractivity contribution in [3.63, 3.8) is 0 Å². The van der Waals surface area contributed by atoms with Crippen LogP contribution in [0.1, 0.15) is 18.5 Å². The maximum Gasteiger partial charge on any atom is 0.239 e. The van der Waals surface area contributed by atoms with E-state index in [1.165, 1.54) is 0 Å². The largest absolute Gasteiger partial charge is 0.365 e. The van der Waals surface area contributed by atoms with Crippen molar-refractivity contribution in [2.75, 3.05) is 18.5 Å². The van der Waals surface area contributed by atoms with E-state index in [-0.39, 0.29) is 11.9 Å². The number of hydrogen-bond donors (Lipinski definition) is 1. The van der Waals surface area contributed by atoms with Gasteiger partial charge in [-0.3, -0.25) is 4.79 Å². The first-order chi connectivity index (χ1) is 10.1. The van der Waals surface area contributed by atoms with Gasteiger partial charge in [0, 0.05) is 17.8 Å². The number of rotatable bonds is 5. The third-order valence-electron chi connectivity index (χ3n) is 3.30. The molecule has 0 aromatic heterocycles. The van der Waals surface area contributed by atoms with Crippen molar-refractivity contribution < 1.29 is 4.79 Å². The Hall–Kier alpha value is -2.00. The fourth-order valence-corrected chi connectivity index (χ4v) is 2.33. The lowest BCUT2D eigenvalue weighted by Crippen LogP contribution is -2.36. The number of hydrogen-bond acceptors (Lipinski definition) is 2. The summed E-state index contributed by atoms with van der Waals surface area (Å²) in [6, 6.07) is 17.3. The van der Waals surface area contributed by atoms with Gasteiger partial charge in [0.25, 0.3) is 0 Å². The second-order valence-electron chi connectivity index (χ2n) is 5.04. The van der Waals surface area contributed by atoms with E-state index in [0.717, 1.165) is 11.3 Å². The summed E-state index contributed by atoms with van der Waals surface area (Å²) in [7, 11) is 1.90. The van der Waals surface area contributed by atoms with Crippen LogP contribution in [0, 0.1) is 0 Å². The smallest absolute Gasteiger partial charge is 0.239 e. The van der Waals surface area contributed by atoms with E-state index in [1.54, 1.807) is 0 Å². The summed E-state index contributed by atoms with van der Waals surface area (Å²) in [5.41, 5.74) is 2.02. The van der Waals surface area contributed by atoms with Crippen molar-refractivity contribution in [2.24, 2.45) is 0 Å². The Bertz CT molecular complexity index is 601. The molecule has 21 heavy (non-hydrogen) atoms. The van der Waals surface area contributed by atoms with Crippen LogP contribution in [-0.4, -0.2) is 19.5 Å². The quantitative estimate of drug-likeness (QED) is 0.914. The molecule has 4 heteroatoms. The summed E-state index contributed by atoms with van der Waals surface area (Å²) in [6.45, 7) is 2.26. The average molecular weight is 303 g/mol.